The number of sulfone groups is 1. The van der Waals surface area contributed by atoms with E-state index in [0.29, 0.717) is 17.5 Å². The number of carboxylic acid groups (broad SMARTS) is 1. The Bertz CT molecular complexity index is 607. The normalized spacial score (nSPS) is 12.7. The molecule has 0 heterocycles. The van der Waals surface area contributed by atoms with Crippen LogP contribution in [0, 0.1) is 0 Å². The van der Waals surface area contributed by atoms with Gasteiger partial charge in [-0.05, 0) is 24.1 Å². The molecule has 0 saturated heterocycles. The summed E-state index contributed by atoms with van der Waals surface area (Å²) in [6.45, 7) is 1.79. The van der Waals surface area contributed by atoms with Crippen molar-refractivity contribution in [3.05, 3.63) is 35.4 Å². The Morgan fingerprint density at radius 1 is 1.24 bits per heavy atom. The first kappa shape index (κ1) is 17.2. The molecule has 1 rings (SSSR count). The van der Waals surface area contributed by atoms with Crippen molar-refractivity contribution in [1.29, 1.82) is 0 Å². The fourth-order valence-corrected chi connectivity index (χ4v) is 2.63. The molecule has 7 heteroatoms. The Balaban J connectivity index is 2.72. The van der Waals surface area contributed by atoms with Gasteiger partial charge in [0.05, 0.1) is 12.2 Å². The molecule has 116 valence electrons. The second-order valence-electron chi connectivity index (χ2n) is 4.94. The minimum absolute atomic E-state index is 0.0779. The first-order chi connectivity index (χ1) is 9.71. The van der Waals surface area contributed by atoms with Gasteiger partial charge in [-0.25, -0.2) is 8.42 Å². The van der Waals surface area contributed by atoms with Crippen LogP contribution in [0.15, 0.2) is 24.3 Å². The van der Waals surface area contributed by atoms with Crippen LogP contribution >= 0.6 is 0 Å². The quantitative estimate of drug-likeness (QED) is 0.788. The van der Waals surface area contributed by atoms with E-state index in [0.717, 1.165) is 6.26 Å². The molecule has 0 saturated carbocycles. The van der Waals surface area contributed by atoms with Gasteiger partial charge in [-0.2, -0.15) is 0 Å². The van der Waals surface area contributed by atoms with E-state index in [1.54, 1.807) is 19.1 Å². The number of hydrogen-bond acceptors (Lipinski definition) is 4. The summed E-state index contributed by atoms with van der Waals surface area (Å²) in [4.78, 5) is 22.6. The lowest BCUT2D eigenvalue weighted by atomic mass is 10.1. The summed E-state index contributed by atoms with van der Waals surface area (Å²) in [6.07, 6.45) is 1.53. The monoisotopic (exact) mass is 313 g/mol. The Morgan fingerprint density at radius 3 is 2.24 bits per heavy atom. The summed E-state index contributed by atoms with van der Waals surface area (Å²) in [5.74, 6) is -1.41. The van der Waals surface area contributed by atoms with E-state index in [1.807, 2.05) is 0 Å². The van der Waals surface area contributed by atoms with E-state index >= 15 is 0 Å². The highest BCUT2D eigenvalue weighted by molar-refractivity contribution is 7.89. The molecule has 0 bridgehead atoms. The maximum Gasteiger partial charge on any atom is 0.305 e. The second kappa shape index (κ2) is 7.21. The van der Waals surface area contributed by atoms with Crippen molar-refractivity contribution in [2.45, 2.75) is 31.6 Å². The van der Waals surface area contributed by atoms with E-state index in [9.17, 15) is 18.0 Å². The summed E-state index contributed by atoms with van der Waals surface area (Å²) < 4.78 is 22.3. The first-order valence-electron chi connectivity index (χ1n) is 6.50. The highest BCUT2D eigenvalue weighted by atomic mass is 32.2. The minimum Gasteiger partial charge on any atom is -0.481 e. The van der Waals surface area contributed by atoms with Crippen LogP contribution in [-0.2, 0) is 20.4 Å². The van der Waals surface area contributed by atoms with Gasteiger partial charge in [-0.3, -0.25) is 9.59 Å². The zero-order chi connectivity index (χ0) is 16.0. The van der Waals surface area contributed by atoms with Gasteiger partial charge in [-0.1, -0.05) is 19.1 Å². The molecule has 0 aliphatic heterocycles. The minimum atomic E-state index is -3.11. The van der Waals surface area contributed by atoms with Gasteiger partial charge in [0.1, 0.15) is 0 Å². The van der Waals surface area contributed by atoms with Gasteiger partial charge >= 0.3 is 5.97 Å². The lowest BCUT2D eigenvalue weighted by molar-refractivity contribution is -0.137. The molecule has 0 spiro atoms. The van der Waals surface area contributed by atoms with Crippen LogP contribution in [-0.4, -0.2) is 37.7 Å². The molecular formula is C14H19NO5S. The molecule has 1 aromatic carbocycles. The third-order valence-corrected chi connectivity index (χ3v) is 3.75. The Morgan fingerprint density at radius 2 is 1.81 bits per heavy atom. The summed E-state index contributed by atoms with van der Waals surface area (Å²) in [6, 6.07) is 5.79. The number of benzene rings is 1. The maximum absolute atomic E-state index is 12.0. The van der Waals surface area contributed by atoms with Crippen molar-refractivity contribution >= 4 is 21.7 Å². The number of rotatable bonds is 7. The topological polar surface area (TPSA) is 101 Å². The molecule has 0 aliphatic rings. The van der Waals surface area contributed by atoms with Crippen molar-refractivity contribution in [1.82, 2.24) is 5.32 Å². The molecule has 1 aromatic rings. The lowest BCUT2D eigenvalue weighted by Crippen LogP contribution is -2.36. The van der Waals surface area contributed by atoms with Gasteiger partial charge in [0.2, 0.25) is 0 Å². The fourth-order valence-electron chi connectivity index (χ4n) is 1.83. The van der Waals surface area contributed by atoms with Gasteiger partial charge in [0, 0.05) is 17.9 Å². The van der Waals surface area contributed by atoms with Crippen LogP contribution in [0.5, 0.6) is 0 Å². The van der Waals surface area contributed by atoms with E-state index in [1.165, 1.54) is 12.1 Å². The number of carboxylic acids is 1. The third kappa shape index (κ3) is 6.40. The summed E-state index contributed by atoms with van der Waals surface area (Å²) in [5.41, 5.74) is 0.975. The lowest BCUT2D eigenvalue weighted by Gasteiger charge is -2.14. The largest absolute Gasteiger partial charge is 0.481 e. The van der Waals surface area contributed by atoms with Crippen molar-refractivity contribution < 1.29 is 23.1 Å². The summed E-state index contributed by atoms with van der Waals surface area (Å²) in [7, 11) is -3.11. The Labute approximate surface area is 124 Å². The van der Waals surface area contributed by atoms with Crippen LogP contribution in [0.3, 0.4) is 0 Å². The summed E-state index contributed by atoms with van der Waals surface area (Å²) in [5, 5.41) is 11.4. The molecule has 0 aromatic heterocycles. The number of hydrogen-bond donors (Lipinski definition) is 2. The zero-order valence-electron chi connectivity index (χ0n) is 12.0. The first-order valence-corrected chi connectivity index (χ1v) is 8.56. The highest BCUT2D eigenvalue weighted by Gasteiger charge is 2.15. The van der Waals surface area contributed by atoms with Crippen LogP contribution in [0.25, 0.3) is 0 Å². The fraction of sp³-hybridized carbons (Fsp3) is 0.429. The number of aliphatic carboxylic acids is 1. The van der Waals surface area contributed by atoms with Crippen molar-refractivity contribution in [3.8, 4) is 0 Å². The molecule has 0 fully saturated rings. The number of amides is 1. The van der Waals surface area contributed by atoms with Gasteiger partial charge in [-0.15, -0.1) is 0 Å². The molecule has 21 heavy (non-hydrogen) atoms. The standard InChI is InChI=1S/C14H19NO5S/c1-3-12(8-13(16)17)15-14(18)11-6-4-10(5-7-11)9-21(2,19)20/h4-7,12H,3,8-9H2,1-2H3,(H,15,18)(H,16,17). The second-order valence-corrected chi connectivity index (χ2v) is 7.08. The van der Waals surface area contributed by atoms with E-state index in [2.05, 4.69) is 5.32 Å². The van der Waals surface area contributed by atoms with Crippen molar-refractivity contribution in [3.63, 3.8) is 0 Å². The van der Waals surface area contributed by atoms with Crippen LogP contribution in [0.2, 0.25) is 0 Å². The molecular weight excluding hydrogens is 294 g/mol. The molecule has 6 nitrogen and oxygen atoms in total. The van der Waals surface area contributed by atoms with Crippen LogP contribution in [0.4, 0.5) is 0 Å². The molecule has 1 atom stereocenters. The third-order valence-electron chi connectivity index (χ3n) is 2.89. The van der Waals surface area contributed by atoms with Crippen LogP contribution < -0.4 is 5.32 Å². The number of nitrogens with one attached hydrogen (secondary N) is 1. The summed E-state index contributed by atoms with van der Waals surface area (Å²) >= 11 is 0. The van der Waals surface area contributed by atoms with Crippen LogP contribution in [0.1, 0.15) is 35.7 Å². The van der Waals surface area contributed by atoms with E-state index in [4.69, 9.17) is 5.11 Å². The average Bonchev–Trinajstić information content (AvgIpc) is 2.36. The molecule has 1 amide bonds. The smallest absolute Gasteiger partial charge is 0.305 e. The maximum atomic E-state index is 12.0. The van der Waals surface area contributed by atoms with Crippen molar-refractivity contribution in [2.24, 2.45) is 0 Å². The Hall–Kier alpha value is -1.89. The average molecular weight is 313 g/mol. The van der Waals surface area contributed by atoms with Crippen molar-refractivity contribution in [2.75, 3.05) is 6.26 Å². The van der Waals surface area contributed by atoms with E-state index < -0.39 is 21.8 Å². The van der Waals surface area contributed by atoms with Gasteiger partial charge < -0.3 is 10.4 Å². The predicted octanol–water partition coefficient (Wildman–Crippen LogP) is 1.21. The molecule has 0 aliphatic carbocycles. The molecule has 2 N–H and O–H groups in total. The highest BCUT2D eigenvalue weighted by Crippen LogP contribution is 2.09. The molecule has 0 radical (unpaired) electrons. The predicted molar refractivity (Wildman–Crippen MR) is 78.8 cm³/mol. The number of carbonyl (C=O) groups is 2. The van der Waals surface area contributed by atoms with E-state index in [-0.39, 0.29) is 18.1 Å². The molecule has 1 unspecified atom stereocenters. The zero-order valence-corrected chi connectivity index (χ0v) is 12.8. The number of carbonyl (C=O) groups excluding carboxylic acids is 1. The van der Waals surface area contributed by atoms with Gasteiger partial charge in [0.15, 0.2) is 9.84 Å². The Kier molecular flexibility index (Phi) is 5.90. The van der Waals surface area contributed by atoms with Gasteiger partial charge in [0.25, 0.3) is 5.91 Å². The SMILES string of the molecule is CCC(CC(=O)O)NC(=O)c1ccc(CS(C)(=O)=O)cc1.